The summed E-state index contributed by atoms with van der Waals surface area (Å²) in [5.41, 5.74) is 5.93. The Balaban J connectivity index is 0.000000164. The summed E-state index contributed by atoms with van der Waals surface area (Å²) >= 11 is 1.71. The number of carbonyl (C=O) groups excluding carboxylic acids is 1. The van der Waals surface area contributed by atoms with Crippen LogP contribution in [0.2, 0.25) is 0 Å². The van der Waals surface area contributed by atoms with Gasteiger partial charge in [0.05, 0.1) is 24.4 Å². The summed E-state index contributed by atoms with van der Waals surface area (Å²) < 4.78 is 8.11. The van der Waals surface area contributed by atoms with Crippen molar-refractivity contribution in [3.8, 4) is 17.1 Å². The molecule has 1 aliphatic rings. The number of ether oxygens (including phenoxy) is 1. The van der Waals surface area contributed by atoms with Crippen LogP contribution in [0.4, 0.5) is 11.6 Å². The molecule has 6 heterocycles. The Morgan fingerprint density at radius 2 is 1.74 bits per heavy atom. The molecule has 0 saturated carbocycles. The molecule has 1 aliphatic heterocycles. The minimum absolute atomic E-state index is 0.247. The van der Waals surface area contributed by atoms with E-state index < -0.39 is 0 Å². The Morgan fingerprint density at radius 3 is 2.55 bits per heavy atom. The quantitative estimate of drug-likeness (QED) is 0.0691. The lowest BCUT2D eigenvalue weighted by molar-refractivity contribution is 0.0601. The number of fused-ring (bicyclic) bond motifs is 5. The highest BCUT2D eigenvalue weighted by molar-refractivity contribution is 7.17. The van der Waals surface area contributed by atoms with Crippen LogP contribution in [0.25, 0.3) is 54.6 Å². The van der Waals surface area contributed by atoms with Crippen LogP contribution in [0.1, 0.15) is 61.5 Å². The van der Waals surface area contributed by atoms with Crippen LogP contribution < -0.4 is 10.6 Å². The van der Waals surface area contributed by atoms with Gasteiger partial charge in [-0.25, -0.2) is 29.7 Å². The number of anilines is 2. The van der Waals surface area contributed by atoms with E-state index in [0.717, 1.165) is 87.2 Å². The summed E-state index contributed by atoms with van der Waals surface area (Å²) in [6.07, 6.45) is 9.31. The number of benzene rings is 3. The molecule has 4 N–H and O–H groups in total. The summed E-state index contributed by atoms with van der Waals surface area (Å²) in [4.78, 5) is 40.8. The first kappa shape index (κ1) is 38.7. The van der Waals surface area contributed by atoms with Gasteiger partial charge in [0.2, 0.25) is 0 Å². The highest BCUT2D eigenvalue weighted by Gasteiger charge is 2.18. The second kappa shape index (κ2) is 17.6. The fourth-order valence-electron chi connectivity index (χ4n) is 7.48. The van der Waals surface area contributed by atoms with Gasteiger partial charge in [0.1, 0.15) is 29.1 Å². The van der Waals surface area contributed by atoms with Gasteiger partial charge < -0.3 is 34.9 Å². The number of hydrogen-bond donors (Lipinski definition) is 4. The van der Waals surface area contributed by atoms with Gasteiger partial charge in [-0.05, 0) is 95.1 Å². The van der Waals surface area contributed by atoms with Crippen molar-refractivity contribution >= 4 is 72.1 Å². The molecule has 0 bridgehead atoms. The predicted octanol–water partition coefficient (Wildman–Crippen LogP) is 8.83. The zero-order chi connectivity index (χ0) is 40.0. The number of H-pyrrole nitrogens is 1. The topological polar surface area (TPSA) is 159 Å². The maximum atomic E-state index is 11.8. The Hall–Kier alpha value is -6.12. The molecule has 8 aromatic rings. The largest absolute Gasteiger partial charge is 0.508 e. The maximum absolute atomic E-state index is 11.8. The second-order valence-corrected chi connectivity index (χ2v) is 15.7. The Morgan fingerprint density at radius 1 is 0.931 bits per heavy atom. The van der Waals surface area contributed by atoms with E-state index in [0.29, 0.717) is 17.9 Å². The number of carbonyl (C=O) groups is 1. The Kier molecular flexibility index (Phi) is 11.7. The predicted molar refractivity (Wildman–Crippen MR) is 233 cm³/mol. The number of methoxy groups -OCH3 is 1. The standard InChI is InChI=1S/C24H23N5OS.C20H25N5O2/c1-15(2)29-14-26-21-23(25-12-11-16-7-9-17(30)10-8-16)27-22(28-24(21)29)19-13-31-20-6-4-3-5-18(19)20;1-27-20(26)14-6-7-15-16(12-14)24-19-17(15)18(22-13-23-19)21-8-5-11-25-9-3-2-4-10-25/h3-10,13-15,30H,11-12H2,1-2H3,(H,25,27,28);6-7,12-13H,2-5,8-11H2,1H3,(H2,21,22,23,24). The van der Waals surface area contributed by atoms with Crippen LogP contribution >= 0.6 is 11.3 Å². The first-order valence-corrected chi connectivity index (χ1v) is 20.8. The number of aromatic hydroxyl groups is 1. The van der Waals surface area contributed by atoms with Crippen LogP contribution in [-0.4, -0.2) is 90.3 Å². The zero-order valence-electron chi connectivity index (χ0n) is 33.0. The molecule has 58 heavy (non-hydrogen) atoms. The van der Waals surface area contributed by atoms with Gasteiger partial charge in [0.25, 0.3) is 0 Å². The smallest absolute Gasteiger partial charge is 0.337 e. The number of phenols is 1. The number of rotatable bonds is 12. The number of aromatic nitrogens is 7. The Labute approximate surface area is 340 Å². The van der Waals surface area contributed by atoms with Crippen molar-refractivity contribution < 1.29 is 14.6 Å². The number of imidazole rings is 1. The van der Waals surface area contributed by atoms with Gasteiger partial charge in [-0.2, -0.15) is 0 Å². The van der Waals surface area contributed by atoms with E-state index in [4.69, 9.17) is 14.7 Å². The van der Waals surface area contributed by atoms with Crippen molar-refractivity contribution in [3.05, 3.63) is 95.9 Å². The summed E-state index contributed by atoms with van der Waals surface area (Å²) in [6.45, 7) is 9.40. The van der Waals surface area contributed by atoms with Gasteiger partial charge in [-0.1, -0.05) is 42.8 Å². The summed E-state index contributed by atoms with van der Waals surface area (Å²) in [7, 11) is 1.38. The number of phenolic OH excluding ortho intramolecular Hbond substituents is 1. The lowest BCUT2D eigenvalue weighted by Crippen LogP contribution is -2.31. The zero-order valence-corrected chi connectivity index (χ0v) is 33.9. The Bertz CT molecular complexity index is 2660. The van der Waals surface area contributed by atoms with E-state index in [1.54, 1.807) is 41.9 Å². The fraction of sp³-hybridized carbons (Fsp3) is 0.318. The van der Waals surface area contributed by atoms with Crippen molar-refractivity contribution in [3.63, 3.8) is 0 Å². The molecule has 0 unspecified atom stereocenters. The molecule has 13 nitrogen and oxygen atoms in total. The molecule has 14 heteroatoms. The van der Waals surface area contributed by atoms with Crippen LogP contribution in [0.15, 0.2) is 84.8 Å². The summed E-state index contributed by atoms with van der Waals surface area (Å²) in [5, 5.41) is 21.7. The molecule has 0 spiro atoms. The summed E-state index contributed by atoms with van der Waals surface area (Å²) in [6, 6.07) is 21.4. The normalized spacial score (nSPS) is 13.3. The van der Waals surface area contributed by atoms with E-state index >= 15 is 0 Å². The number of piperidine rings is 1. The first-order chi connectivity index (χ1) is 28.4. The monoisotopic (exact) mass is 796 g/mol. The van der Waals surface area contributed by atoms with Gasteiger partial charge in [-0.3, -0.25) is 0 Å². The van der Waals surface area contributed by atoms with E-state index in [9.17, 15) is 9.90 Å². The molecule has 298 valence electrons. The lowest BCUT2D eigenvalue weighted by atomic mass is 10.1. The van der Waals surface area contributed by atoms with Crippen LogP contribution in [0.5, 0.6) is 5.75 Å². The molecular weight excluding hydrogens is 749 g/mol. The molecule has 3 aromatic carbocycles. The molecular formula is C44H48N10O3S. The molecule has 9 rings (SSSR count). The molecule has 0 amide bonds. The highest BCUT2D eigenvalue weighted by atomic mass is 32.1. The number of thiophene rings is 1. The first-order valence-electron chi connectivity index (χ1n) is 19.9. The van der Waals surface area contributed by atoms with Crippen molar-refractivity contribution in [2.75, 3.05) is 50.5 Å². The third-order valence-electron chi connectivity index (χ3n) is 10.5. The molecule has 0 atom stereocenters. The third-order valence-corrected chi connectivity index (χ3v) is 11.5. The van der Waals surface area contributed by atoms with Crippen molar-refractivity contribution in [2.45, 2.75) is 52.0 Å². The molecule has 1 saturated heterocycles. The van der Waals surface area contributed by atoms with Crippen LogP contribution in [0, 0.1) is 0 Å². The van der Waals surface area contributed by atoms with Crippen molar-refractivity contribution in [1.82, 2.24) is 39.4 Å². The van der Waals surface area contributed by atoms with Crippen molar-refractivity contribution in [1.29, 1.82) is 0 Å². The number of esters is 1. The fourth-order valence-corrected chi connectivity index (χ4v) is 8.42. The lowest BCUT2D eigenvalue weighted by Gasteiger charge is -2.26. The van der Waals surface area contributed by atoms with E-state index in [1.807, 2.05) is 30.6 Å². The molecule has 1 fully saturated rings. The van der Waals surface area contributed by atoms with E-state index in [-0.39, 0.29) is 17.8 Å². The van der Waals surface area contributed by atoms with Crippen LogP contribution in [-0.2, 0) is 11.2 Å². The average molecular weight is 797 g/mol. The second-order valence-electron chi connectivity index (χ2n) is 14.8. The number of aromatic amines is 1. The molecule has 0 radical (unpaired) electrons. The minimum atomic E-state index is -0.349. The minimum Gasteiger partial charge on any atom is -0.508 e. The number of likely N-dealkylation sites (tertiary alicyclic amines) is 1. The van der Waals surface area contributed by atoms with Crippen molar-refractivity contribution in [2.24, 2.45) is 0 Å². The summed E-state index contributed by atoms with van der Waals surface area (Å²) in [5.74, 6) is 2.21. The number of hydrogen-bond acceptors (Lipinski definition) is 12. The number of nitrogens with one attached hydrogen (secondary N) is 3. The van der Waals surface area contributed by atoms with E-state index in [2.05, 4.69) is 77.5 Å². The highest BCUT2D eigenvalue weighted by Crippen LogP contribution is 2.34. The molecule has 5 aromatic heterocycles. The van der Waals surface area contributed by atoms with E-state index in [1.165, 1.54) is 44.2 Å². The average Bonchev–Trinajstić information content (AvgIpc) is 3.99. The van der Waals surface area contributed by atoms with Gasteiger partial charge in [-0.15, -0.1) is 11.3 Å². The maximum Gasteiger partial charge on any atom is 0.337 e. The number of nitrogens with zero attached hydrogens (tertiary/aromatic N) is 7. The van der Waals surface area contributed by atoms with Gasteiger partial charge >= 0.3 is 5.97 Å². The third kappa shape index (κ3) is 8.43. The van der Waals surface area contributed by atoms with Gasteiger partial charge in [0.15, 0.2) is 17.3 Å². The van der Waals surface area contributed by atoms with Crippen LogP contribution in [0.3, 0.4) is 0 Å². The molecule has 0 aliphatic carbocycles. The van der Waals surface area contributed by atoms with Gasteiger partial charge in [0, 0.05) is 51.1 Å². The SMILES string of the molecule is CC(C)n1cnc2c(NCCc3ccc(O)cc3)nc(-c3csc4ccccc34)nc21.COC(=O)c1ccc2c(c1)[nH]c1ncnc(NCCCN3CCCCC3)c12.